The molecule has 28 heavy (non-hydrogen) atoms. The fraction of sp³-hybridized carbons (Fsp3) is 0.250. The smallest absolute Gasteiger partial charge is 0.330 e. The molecule has 0 spiro atoms. The fourth-order valence-corrected chi connectivity index (χ4v) is 2.48. The number of carboxylic acid groups (broad SMARTS) is 1. The van der Waals surface area contributed by atoms with Crippen molar-refractivity contribution in [2.24, 2.45) is 0 Å². The summed E-state index contributed by atoms with van der Waals surface area (Å²) in [6.07, 6.45) is 0. The van der Waals surface area contributed by atoms with Gasteiger partial charge in [0.1, 0.15) is 11.6 Å². The van der Waals surface area contributed by atoms with Crippen LogP contribution in [0.2, 0.25) is 0 Å². The third-order valence-electron chi connectivity index (χ3n) is 3.90. The van der Waals surface area contributed by atoms with Crippen LogP contribution in [0.3, 0.4) is 0 Å². The van der Waals surface area contributed by atoms with Crippen LogP contribution in [-0.4, -0.2) is 36.0 Å². The third-order valence-corrected chi connectivity index (χ3v) is 3.90. The molecular formula is C20H21FN2O5. The highest BCUT2D eigenvalue weighted by atomic mass is 19.1. The van der Waals surface area contributed by atoms with Gasteiger partial charge in [-0.1, -0.05) is 12.1 Å². The number of ether oxygens (including phenoxy) is 1. The topological polar surface area (TPSA) is 105 Å². The van der Waals surface area contributed by atoms with Gasteiger partial charge in [-0.05, 0) is 55.3 Å². The summed E-state index contributed by atoms with van der Waals surface area (Å²) >= 11 is 0. The van der Waals surface area contributed by atoms with Crippen molar-refractivity contribution in [1.82, 2.24) is 10.6 Å². The maximum Gasteiger partial charge on any atom is 0.330 e. The quantitative estimate of drug-likeness (QED) is 0.643. The lowest BCUT2D eigenvalue weighted by atomic mass is 10.0. The fourth-order valence-electron chi connectivity index (χ4n) is 2.48. The SMILES string of the molecule is CCOc1ccc(C(=O)NCC(=O)NC(C(=O)O)c2ccc(F)c(C)c2)cc1. The molecule has 0 radical (unpaired) electrons. The van der Waals surface area contributed by atoms with Gasteiger partial charge in [-0.2, -0.15) is 0 Å². The number of hydrogen-bond donors (Lipinski definition) is 3. The molecule has 7 nitrogen and oxygen atoms in total. The first-order valence-electron chi connectivity index (χ1n) is 8.61. The summed E-state index contributed by atoms with van der Waals surface area (Å²) in [7, 11) is 0. The number of amides is 2. The second-order valence-corrected chi connectivity index (χ2v) is 5.99. The van der Waals surface area contributed by atoms with Gasteiger partial charge in [0.15, 0.2) is 6.04 Å². The molecule has 0 aromatic heterocycles. The number of halogens is 1. The van der Waals surface area contributed by atoms with Gasteiger partial charge in [-0.3, -0.25) is 9.59 Å². The summed E-state index contributed by atoms with van der Waals surface area (Å²) in [6, 6.07) is 8.81. The molecule has 0 fully saturated rings. The molecule has 2 aromatic rings. The maximum absolute atomic E-state index is 13.4. The summed E-state index contributed by atoms with van der Waals surface area (Å²) in [5.74, 6) is -2.31. The van der Waals surface area contributed by atoms with Gasteiger partial charge in [-0.25, -0.2) is 9.18 Å². The van der Waals surface area contributed by atoms with E-state index in [2.05, 4.69) is 10.6 Å². The highest BCUT2D eigenvalue weighted by molar-refractivity contribution is 5.97. The van der Waals surface area contributed by atoms with Crippen LogP contribution >= 0.6 is 0 Å². The average molecular weight is 388 g/mol. The Bertz CT molecular complexity index is 867. The first-order valence-corrected chi connectivity index (χ1v) is 8.61. The maximum atomic E-state index is 13.4. The molecule has 8 heteroatoms. The second kappa shape index (κ2) is 9.50. The zero-order valence-corrected chi connectivity index (χ0v) is 15.5. The summed E-state index contributed by atoms with van der Waals surface area (Å²) in [4.78, 5) is 35.6. The van der Waals surface area contributed by atoms with Crippen LogP contribution in [0.25, 0.3) is 0 Å². The van der Waals surface area contributed by atoms with Crippen LogP contribution in [0.5, 0.6) is 5.75 Å². The first-order chi connectivity index (χ1) is 13.3. The van der Waals surface area contributed by atoms with Crippen molar-refractivity contribution in [3.8, 4) is 5.75 Å². The Labute approximate surface area is 161 Å². The van der Waals surface area contributed by atoms with Crippen molar-refractivity contribution in [2.75, 3.05) is 13.2 Å². The number of benzene rings is 2. The zero-order chi connectivity index (χ0) is 20.7. The lowest BCUT2D eigenvalue weighted by Gasteiger charge is -2.16. The monoisotopic (exact) mass is 388 g/mol. The summed E-state index contributed by atoms with van der Waals surface area (Å²) in [5, 5.41) is 14.1. The van der Waals surface area contributed by atoms with E-state index < -0.39 is 36.2 Å². The predicted molar refractivity (Wildman–Crippen MR) is 99.6 cm³/mol. The standard InChI is InChI=1S/C20H21FN2O5/c1-3-28-15-7-4-13(5-8-15)19(25)22-11-17(24)23-18(20(26)27)14-6-9-16(21)12(2)10-14/h4-10,18H,3,11H2,1-2H3,(H,22,25)(H,23,24)(H,26,27). The lowest BCUT2D eigenvalue weighted by molar-refractivity contribution is -0.141. The Morgan fingerprint density at radius 2 is 1.82 bits per heavy atom. The van der Waals surface area contributed by atoms with Crippen molar-refractivity contribution in [2.45, 2.75) is 19.9 Å². The molecule has 3 N–H and O–H groups in total. The van der Waals surface area contributed by atoms with Crippen LogP contribution in [0.1, 0.15) is 34.5 Å². The van der Waals surface area contributed by atoms with Gasteiger partial charge < -0.3 is 20.5 Å². The molecule has 0 aliphatic rings. The van der Waals surface area contributed by atoms with Gasteiger partial charge in [-0.15, -0.1) is 0 Å². The number of carbonyl (C=O) groups is 3. The molecule has 2 rings (SSSR count). The Hall–Kier alpha value is -3.42. The first kappa shape index (κ1) is 20.9. The molecule has 0 saturated carbocycles. The van der Waals surface area contributed by atoms with E-state index in [1.165, 1.54) is 19.1 Å². The second-order valence-electron chi connectivity index (χ2n) is 5.99. The van der Waals surface area contributed by atoms with Crippen molar-refractivity contribution in [3.63, 3.8) is 0 Å². The van der Waals surface area contributed by atoms with Gasteiger partial charge >= 0.3 is 5.97 Å². The molecule has 1 unspecified atom stereocenters. The van der Waals surface area contributed by atoms with Crippen LogP contribution in [0.15, 0.2) is 42.5 Å². The highest BCUT2D eigenvalue weighted by Gasteiger charge is 2.23. The number of rotatable bonds is 8. The third kappa shape index (κ3) is 5.54. The molecule has 0 aliphatic heterocycles. The number of aryl methyl sites for hydroxylation is 1. The van der Waals surface area contributed by atoms with Crippen molar-refractivity contribution < 1.29 is 28.6 Å². The van der Waals surface area contributed by atoms with Gasteiger partial charge in [0.2, 0.25) is 5.91 Å². The summed E-state index contributed by atoms with van der Waals surface area (Å²) < 4.78 is 18.7. The van der Waals surface area contributed by atoms with Crippen molar-refractivity contribution >= 4 is 17.8 Å². The van der Waals surface area contributed by atoms with E-state index in [0.29, 0.717) is 17.9 Å². The van der Waals surface area contributed by atoms with E-state index in [-0.39, 0.29) is 11.1 Å². The van der Waals surface area contributed by atoms with Crippen LogP contribution in [-0.2, 0) is 9.59 Å². The van der Waals surface area contributed by atoms with E-state index >= 15 is 0 Å². The van der Waals surface area contributed by atoms with Crippen LogP contribution in [0, 0.1) is 12.7 Å². The van der Waals surface area contributed by atoms with E-state index in [0.717, 1.165) is 6.07 Å². The normalized spacial score (nSPS) is 11.4. The minimum atomic E-state index is -1.35. The van der Waals surface area contributed by atoms with Gasteiger partial charge in [0, 0.05) is 5.56 Å². The summed E-state index contributed by atoms with van der Waals surface area (Å²) in [5.41, 5.74) is 0.833. The molecule has 0 bridgehead atoms. The molecule has 148 valence electrons. The molecular weight excluding hydrogens is 367 g/mol. The van der Waals surface area contributed by atoms with E-state index in [1.807, 2.05) is 6.92 Å². The largest absolute Gasteiger partial charge is 0.494 e. The Morgan fingerprint density at radius 1 is 1.14 bits per heavy atom. The average Bonchev–Trinajstić information content (AvgIpc) is 2.67. The van der Waals surface area contributed by atoms with Gasteiger partial charge in [0.05, 0.1) is 13.2 Å². The molecule has 0 saturated heterocycles. The minimum Gasteiger partial charge on any atom is -0.494 e. The number of hydrogen-bond acceptors (Lipinski definition) is 4. The van der Waals surface area contributed by atoms with Crippen LogP contribution in [0.4, 0.5) is 4.39 Å². The van der Waals surface area contributed by atoms with Crippen molar-refractivity contribution in [3.05, 3.63) is 65.0 Å². The number of carboxylic acids is 1. The van der Waals surface area contributed by atoms with E-state index in [1.54, 1.807) is 24.3 Å². The Balaban J connectivity index is 1.96. The summed E-state index contributed by atoms with van der Waals surface area (Å²) in [6.45, 7) is 3.44. The molecule has 1 atom stereocenters. The zero-order valence-electron chi connectivity index (χ0n) is 15.5. The van der Waals surface area contributed by atoms with E-state index in [9.17, 15) is 23.9 Å². The van der Waals surface area contributed by atoms with Crippen molar-refractivity contribution in [1.29, 1.82) is 0 Å². The highest BCUT2D eigenvalue weighted by Crippen LogP contribution is 2.17. The lowest BCUT2D eigenvalue weighted by Crippen LogP contribution is -2.41. The molecule has 2 aromatic carbocycles. The molecule has 0 heterocycles. The van der Waals surface area contributed by atoms with Gasteiger partial charge in [0.25, 0.3) is 5.91 Å². The molecule has 2 amide bonds. The molecule has 0 aliphatic carbocycles. The predicted octanol–water partition coefficient (Wildman–Crippen LogP) is 2.20. The number of carbonyl (C=O) groups excluding carboxylic acids is 2. The number of nitrogens with one attached hydrogen (secondary N) is 2. The Kier molecular flexibility index (Phi) is 7.08. The van der Waals surface area contributed by atoms with Crippen LogP contribution < -0.4 is 15.4 Å². The minimum absolute atomic E-state index is 0.234. The number of aliphatic carboxylic acids is 1. The Morgan fingerprint density at radius 3 is 2.39 bits per heavy atom. The van der Waals surface area contributed by atoms with E-state index in [4.69, 9.17) is 4.74 Å².